The van der Waals surface area contributed by atoms with Crippen molar-refractivity contribution in [1.82, 2.24) is 9.55 Å². The first kappa shape index (κ1) is 15.3. The summed E-state index contributed by atoms with van der Waals surface area (Å²) in [6.45, 7) is -0.000232. The number of carbonyl (C=O) groups excluding carboxylic acids is 1. The summed E-state index contributed by atoms with van der Waals surface area (Å²) in [6, 6.07) is 8.30. The highest BCUT2D eigenvalue weighted by atomic mass is 35.5. The molecule has 1 heterocycles. The molecule has 0 aliphatic carbocycles. The van der Waals surface area contributed by atoms with Gasteiger partial charge in [-0.1, -0.05) is 23.4 Å². The van der Waals surface area contributed by atoms with E-state index in [1.807, 2.05) is 0 Å². The summed E-state index contributed by atoms with van der Waals surface area (Å²) >= 11 is 7.02. The third-order valence-corrected chi connectivity index (χ3v) is 3.68. The highest BCUT2D eigenvalue weighted by Crippen LogP contribution is 2.14. The van der Waals surface area contributed by atoms with E-state index < -0.39 is 5.56 Å². The maximum absolute atomic E-state index is 12.2. The molecule has 0 bridgehead atoms. The molecular formula is C14H10ClN3O2S. The molecule has 2 rings (SSSR count). The van der Waals surface area contributed by atoms with Crippen LogP contribution in [-0.4, -0.2) is 21.6 Å². The van der Waals surface area contributed by atoms with Crippen molar-refractivity contribution in [3.63, 3.8) is 0 Å². The van der Waals surface area contributed by atoms with Crippen LogP contribution in [0.3, 0.4) is 0 Å². The Balaban J connectivity index is 2.34. The summed E-state index contributed by atoms with van der Waals surface area (Å²) < 4.78 is 1.50. The zero-order valence-corrected chi connectivity index (χ0v) is 12.6. The lowest BCUT2D eigenvalue weighted by molar-refractivity contribution is 0.0968. The molecule has 5 nitrogen and oxygen atoms in total. The normalized spacial score (nSPS) is 10.1. The third kappa shape index (κ3) is 3.51. The minimum Gasteiger partial charge on any atom is -0.318 e. The van der Waals surface area contributed by atoms with Crippen molar-refractivity contribution < 1.29 is 4.79 Å². The van der Waals surface area contributed by atoms with Crippen molar-refractivity contribution in [3.05, 3.63) is 57.0 Å². The first-order valence-electron chi connectivity index (χ1n) is 5.89. The second-order valence-electron chi connectivity index (χ2n) is 4.12. The number of nitriles is 1. The number of benzene rings is 1. The summed E-state index contributed by atoms with van der Waals surface area (Å²) in [6.07, 6.45) is 3.10. The van der Waals surface area contributed by atoms with E-state index in [9.17, 15) is 9.59 Å². The average Bonchev–Trinajstić information content (AvgIpc) is 2.49. The zero-order chi connectivity index (χ0) is 15.4. The molecule has 0 saturated carbocycles. The van der Waals surface area contributed by atoms with Crippen molar-refractivity contribution in [3.8, 4) is 6.07 Å². The van der Waals surface area contributed by atoms with E-state index in [0.29, 0.717) is 15.7 Å². The first-order chi connectivity index (χ1) is 10.0. The molecule has 0 atom stereocenters. The van der Waals surface area contributed by atoms with Gasteiger partial charge >= 0.3 is 0 Å². The molecule has 0 saturated heterocycles. The number of carbonyl (C=O) groups is 1. The number of nitrogens with zero attached hydrogens (tertiary/aromatic N) is 3. The van der Waals surface area contributed by atoms with Gasteiger partial charge in [-0.15, -0.1) is 0 Å². The van der Waals surface area contributed by atoms with Crippen LogP contribution in [0.1, 0.15) is 15.9 Å². The first-order valence-corrected chi connectivity index (χ1v) is 7.49. The Morgan fingerprint density at radius 3 is 2.67 bits per heavy atom. The number of ketones is 1. The largest absolute Gasteiger partial charge is 0.318 e. The molecule has 0 radical (unpaired) electrons. The van der Waals surface area contributed by atoms with Crippen LogP contribution in [0.25, 0.3) is 0 Å². The molecule has 1 aromatic heterocycles. The lowest BCUT2D eigenvalue weighted by Gasteiger charge is -2.10. The standard InChI is InChI=1S/C14H10ClN3O2S/c1-21-14-17-13(20)10(6-16)7-18(14)8-12(19)9-2-4-11(15)5-3-9/h2-5,7H,8H2,1H3. The van der Waals surface area contributed by atoms with Crippen LogP contribution in [0, 0.1) is 11.3 Å². The summed E-state index contributed by atoms with van der Waals surface area (Å²) in [7, 11) is 0. The topological polar surface area (TPSA) is 75.8 Å². The molecule has 0 spiro atoms. The van der Waals surface area contributed by atoms with Crippen molar-refractivity contribution in [2.45, 2.75) is 11.7 Å². The predicted octanol–water partition coefficient (Wildman–Crippen LogP) is 2.37. The van der Waals surface area contributed by atoms with E-state index in [2.05, 4.69) is 4.98 Å². The van der Waals surface area contributed by atoms with Gasteiger partial charge in [0.05, 0.1) is 6.54 Å². The number of hydrogen-bond acceptors (Lipinski definition) is 5. The van der Waals surface area contributed by atoms with Crippen molar-refractivity contribution in [2.75, 3.05) is 6.26 Å². The number of aromatic nitrogens is 2. The number of hydrogen-bond donors (Lipinski definition) is 0. The quantitative estimate of drug-likeness (QED) is 0.491. The number of Topliss-reactive ketones (excluding diaryl/α,β-unsaturated/α-hetero) is 1. The minimum atomic E-state index is -0.586. The second kappa shape index (κ2) is 6.57. The molecule has 0 N–H and O–H groups in total. The van der Waals surface area contributed by atoms with E-state index >= 15 is 0 Å². The molecule has 0 unspecified atom stereocenters. The van der Waals surface area contributed by atoms with E-state index in [-0.39, 0.29) is 17.9 Å². The molecule has 7 heteroatoms. The molecule has 21 heavy (non-hydrogen) atoms. The predicted molar refractivity (Wildman–Crippen MR) is 80.8 cm³/mol. The fourth-order valence-electron chi connectivity index (χ4n) is 1.71. The van der Waals surface area contributed by atoms with Gasteiger partial charge < -0.3 is 4.57 Å². The summed E-state index contributed by atoms with van der Waals surface area (Å²) in [4.78, 5) is 27.5. The van der Waals surface area contributed by atoms with E-state index in [1.54, 1.807) is 36.6 Å². The summed E-state index contributed by atoms with van der Waals surface area (Å²) in [5.74, 6) is -0.156. The molecule has 0 aliphatic rings. The van der Waals surface area contributed by atoms with Crippen LogP contribution in [0.4, 0.5) is 0 Å². The summed E-state index contributed by atoms with van der Waals surface area (Å²) in [5.41, 5.74) is -0.169. The van der Waals surface area contributed by atoms with Crippen LogP contribution in [0.15, 0.2) is 40.4 Å². The van der Waals surface area contributed by atoms with Gasteiger partial charge in [0.25, 0.3) is 5.56 Å². The van der Waals surface area contributed by atoms with Crippen LogP contribution < -0.4 is 5.56 Å². The lowest BCUT2D eigenvalue weighted by Crippen LogP contribution is -2.20. The minimum absolute atomic E-state index is 0.000232. The Morgan fingerprint density at radius 1 is 1.43 bits per heavy atom. The van der Waals surface area contributed by atoms with Gasteiger partial charge in [-0.25, -0.2) is 0 Å². The SMILES string of the molecule is CSc1nc(=O)c(C#N)cn1CC(=O)c1ccc(Cl)cc1. The average molecular weight is 320 g/mol. The Hall–Kier alpha value is -2.10. The van der Waals surface area contributed by atoms with Gasteiger partial charge in [0.2, 0.25) is 0 Å². The van der Waals surface area contributed by atoms with Crippen molar-refractivity contribution in [2.24, 2.45) is 0 Å². The van der Waals surface area contributed by atoms with Crippen molar-refractivity contribution in [1.29, 1.82) is 5.26 Å². The van der Waals surface area contributed by atoms with Crippen LogP contribution in [0.5, 0.6) is 0 Å². The fraction of sp³-hybridized carbons (Fsp3) is 0.143. The Bertz CT molecular complexity index is 778. The maximum atomic E-state index is 12.2. The maximum Gasteiger partial charge on any atom is 0.291 e. The second-order valence-corrected chi connectivity index (χ2v) is 5.33. The zero-order valence-electron chi connectivity index (χ0n) is 11.0. The van der Waals surface area contributed by atoms with Crippen molar-refractivity contribution >= 4 is 29.1 Å². The van der Waals surface area contributed by atoms with E-state index in [1.165, 1.54) is 22.5 Å². The highest BCUT2D eigenvalue weighted by molar-refractivity contribution is 7.98. The van der Waals surface area contributed by atoms with Gasteiger partial charge in [0.15, 0.2) is 10.9 Å². The van der Waals surface area contributed by atoms with Crippen LogP contribution in [0.2, 0.25) is 5.02 Å². The third-order valence-electron chi connectivity index (χ3n) is 2.74. The number of rotatable bonds is 4. The monoisotopic (exact) mass is 319 g/mol. The van der Waals surface area contributed by atoms with Gasteiger partial charge in [0.1, 0.15) is 11.6 Å². The highest BCUT2D eigenvalue weighted by Gasteiger charge is 2.12. The van der Waals surface area contributed by atoms with Gasteiger partial charge in [-0.2, -0.15) is 10.2 Å². The Morgan fingerprint density at radius 2 is 2.10 bits per heavy atom. The van der Waals surface area contributed by atoms with Crippen LogP contribution in [-0.2, 0) is 6.54 Å². The van der Waals surface area contributed by atoms with E-state index in [4.69, 9.17) is 16.9 Å². The molecule has 0 amide bonds. The molecule has 2 aromatic rings. The molecular weight excluding hydrogens is 310 g/mol. The fourth-order valence-corrected chi connectivity index (χ4v) is 2.36. The van der Waals surface area contributed by atoms with Gasteiger partial charge in [-0.3, -0.25) is 9.59 Å². The van der Waals surface area contributed by atoms with Gasteiger partial charge in [0, 0.05) is 16.8 Å². The van der Waals surface area contributed by atoms with E-state index in [0.717, 1.165) is 0 Å². The Kier molecular flexibility index (Phi) is 4.78. The summed E-state index contributed by atoms with van der Waals surface area (Å²) in [5, 5.41) is 9.82. The smallest absolute Gasteiger partial charge is 0.291 e. The lowest BCUT2D eigenvalue weighted by atomic mass is 10.1. The molecule has 0 aliphatic heterocycles. The number of thioether (sulfide) groups is 1. The molecule has 106 valence electrons. The number of halogens is 1. The molecule has 0 fully saturated rings. The van der Waals surface area contributed by atoms with Gasteiger partial charge in [-0.05, 0) is 30.5 Å². The Labute approximate surface area is 130 Å². The van der Waals surface area contributed by atoms with Crippen LogP contribution >= 0.6 is 23.4 Å². The molecule has 1 aromatic carbocycles.